The van der Waals surface area contributed by atoms with E-state index in [-0.39, 0.29) is 43.6 Å². The van der Waals surface area contributed by atoms with Gasteiger partial charge in [0, 0.05) is 30.9 Å². The summed E-state index contributed by atoms with van der Waals surface area (Å²) in [4.78, 5) is 74.6. The minimum Gasteiger partial charge on any atom is -0.496 e. The van der Waals surface area contributed by atoms with Crippen molar-refractivity contribution in [2.24, 2.45) is 28.1 Å². The number of hydrogen-bond donors (Lipinski definition) is 3. The van der Waals surface area contributed by atoms with Gasteiger partial charge < -0.3 is 35.6 Å². The number of benzene rings is 1. The zero-order valence-corrected chi connectivity index (χ0v) is 31.1. The first-order valence-electron chi connectivity index (χ1n) is 18.1. The van der Waals surface area contributed by atoms with Crippen LogP contribution in [-0.4, -0.2) is 84.5 Å². The number of ketones is 1. The van der Waals surface area contributed by atoms with Crippen LogP contribution in [0.1, 0.15) is 103 Å². The van der Waals surface area contributed by atoms with Crippen LogP contribution in [0, 0.1) is 17.3 Å². The Bertz CT molecular complexity index is 1550. The van der Waals surface area contributed by atoms with Gasteiger partial charge in [0.1, 0.15) is 23.6 Å². The summed E-state index contributed by atoms with van der Waals surface area (Å²) in [5.74, 6) is -1.96. The topological polar surface area (TPSA) is 179 Å². The molecule has 4 atom stereocenters. The van der Waals surface area contributed by atoms with Crippen LogP contribution in [0.25, 0.3) is 0 Å². The van der Waals surface area contributed by atoms with Crippen molar-refractivity contribution < 1.29 is 38.3 Å². The number of carbonyl (C=O) groups is 5. The van der Waals surface area contributed by atoms with Crippen LogP contribution in [0.2, 0.25) is 5.02 Å². The summed E-state index contributed by atoms with van der Waals surface area (Å²) < 4.78 is 10.9. The van der Waals surface area contributed by atoms with Gasteiger partial charge in [-0.25, -0.2) is 0 Å². The van der Waals surface area contributed by atoms with E-state index in [2.05, 4.69) is 15.8 Å². The summed E-state index contributed by atoms with van der Waals surface area (Å²) in [5, 5.41) is 10.5. The summed E-state index contributed by atoms with van der Waals surface area (Å²) in [6.07, 6.45) is 9.10. The first-order chi connectivity index (χ1) is 24.1. The highest BCUT2D eigenvalue weighted by Gasteiger charge is 2.56. The van der Waals surface area contributed by atoms with Crippen molar-refractivity contribution in [3.63, 3.8) is 0 Å². The Morgan fingerprint density at radius 2 is 1.67 bits per heavy atom. The summed E-state index contributed by atoms with van der Waals surface area (Å²) in [7, 11) is 3.01. The van der Waals surface area contributed by atoms with Gasteiger partial charge in [-0.05, 0) is 42.6 Å². The second kappa shape index (κ2) is 15.8. The number of hydrogen-bond acceptors (Lipinski definition) is 9. The van der Waals surface area contributed by atoms with E-state index in [0.29, 0.717) is 34.2 Å². The molecule has 1 spiro atoms. The smallest absolute Gasteiger partial charge is 0.287 e. The minimum atomic E-state index is -1.13. The molecule has 4 N–H and O–H groups in total. The van der Waals surface area contributed by atoms with E-state index in [9.17, 15) is 24.0 Å². The molecule has 280 valence electrons. The van der Waals surface area contributed by atoms with E-state index in [1.54, 1.807) is 12.1 Å². The molecule has 4 amide bonds. The first kappa shape index (κ1) is 38.4. The average Bonchev–Trinajstić information content (AvgIpc) is 3.77. The summed E-state index contributed by atoms with van der Waals surface area (Å²) in [6, 6.07) is 0.140. The van der Waals surface area contributed by atoms with Crippen molar-refractivity contribution in [1.82, 2.24) is 15.5 Å². The normalized spacial score (nSPS) is 23.5. The van der Waals surface area contributed by atoms with E-state index in [1.807, 2.05) is 20.8 Å². The standard InChI is InChI=1S/C37H52ClN5O8/c1-36(2,3)32(41-30(44)15-21-10-8-6-7-9-11-21)35(48)43-20-37(18-26(42-51-37)23-16-24(38)29(50-5)17-28(23)49-4)19-27(43)34(47)40-25(14-22-12-13-22)31(45)33(39)46/h16-17,21-22,25,27,32H,6-15,18-20H2,1-5H3,(H2,39,46)(H,40,47)(H,41,44)/t25-,27-,32+,37+/m0/s1. The maximum atomic E-state index is 14.7. The highest BCUT2D eigenvalue weighted by molar-refractivity contribution is 6.38. The number of likely N-dealkylation sites (tertiary alicyclic amines) is 1. The fourth-order valence-electron chi connectivity index (χ4n) is 7.58. The van der Waals surface area contributed by atoms with Gasteiger partial charge in [0.2, 0.25) is 23.5 Å². The predicted octanol–water partition coefficient (Wildman–Crippen LogP) is 4.05. The number of nitrogens with one attached hydrogen (secondary N) is 2. The SMILES string of the molecule is COc1cc(OC)c(C2=NO[C@]3(C2)C[C@@H](C(=O)N[C@@H](CC2CC2)C(=O)C(N)=O)N(C(=O)[C@@H](NC(=O)CC2CCCCCC2)C(C)(C)C)C3)cc1Cl. The number of Topliss-reactive ketones (excluding diaryl/α,β-unsaturated/α-hetero) is 1. The molecule has 14 heteroatoms. The lowest BCUT2D eigenvalue weighted by Gasteiger charge is -2.36. The average molecular weight is 730 g/mol. The summed E-state index contributed by atoms with van der Waals surface area (Å²) >= 11 is 6.47. The molecule has 1 aromatic carbocycles. The molecule has 3 fully saturated rings. The van der Waals surface area contributed by atoms with Crippen molar-refractivity contribution in [2.75, 3.05) is 20.8 Å². The monoisotopic (exact) mass is 729 g/mol. The summed E-state index contributed by atoms with van der Waals surface area (Å²) in [5.41, 5.74) is 4.60. The quantitative estimate of drug-likeness (QED) is 0.201. The van der Waals surface area contributed by atoms with Crippen LogP contribution in [-0.2, 0) is 28.8 Å². The fourth-order valence-corrected chi connectivity index (χ4v) is 7.82. The maximum absolute atomic E-state index is 14.7. The Labute approximate surface area is 304 Å². The number of methoxy groups -OCH3 is 2. The molecule has 2 aliphatic heterocycles. The Hall–Kier alpha value is -3.87. The van der Waals surface area contributed by atoms with E-state index in [4.69, 9.17) is 31.6 Å². The Morgan fingerprint density at radius 1 is 1.00 bits per heavy atom. The third-order valence-electron chi connectivity index (χ3n) is 10.6. The van der Waals surface area contributed by atoms with Gasteiger partial charge in [-0.15, -0.1) is 0 Å². The lowest BCUT2D eigenvalue weighted by Crippen LogP contribution is -2.59. The number of ether oxygens (including phenoxy) is 2. The van der Waals surface area contributed by atoms with E-state index in [1.165, 1.54) is 32.0 Å². The maximum Gasteiger partial charge on any atom is 0.287 e. The van der Waals surface area contributed by atoms with Crippen LogP contribution >= 0.6 is 11.6 Å². The third-order valence-corrected chi connectivity index (χ3v) is 10.9. The van der Waals surface area contributed by atoms with Crippen molar-refractivity contribution in [3.8, 4) is 11.5 Å². The van der Waals surface area contributed by atoms with Crippen molar-refractivity contribution in [1.29, 1.82) is 0 Å². The van der Waals surface area contributed by atoms with Gasteiger partial charge in [-0.1, -0.05) is 76.1 Å². The lowest BCUT2D eigenvalue weighted by atomic mass is 9.85. The molecule has 4 aliphatic rings. The highest BCUT2D eigenvalue weighted by atomic mass is 35.5. The predicted molar refractivity (Wildman–Crippen MR) is 190 cm³/mol. The molecule has 51 heavy (non-hydrogen) atoms. The Balaban J connectivity index is 1.42. The number of nitrogens with two attached hydrogens (primary N) is 1. The molecular weight excluding hydrogens is 678 g/mol. The third kappa shape index (κ3) is 9.14. The van der Waals surface area contributed by atoms with Crippen LogP contribution < -0.4 is 25.8 Å². The molecule has 13 nitrogen and oxygen atoms in total. The fraction of sp³-hybridized carbons (Fsp3) is 0.676. The second-order valence-corrected chi connectivity index (χ2v) is 16.2. The van der Waals surface area contributed by atoms with Crippen molar-refractivity contribution >= 4 is 46.7 Å². The largest absolute Gasteiger partial charge is 0.496 e. The molecule has 0 radical (unpaired) electrons. The van der Waals surface area contributed by atoms with Crippen molar-refractivity contribution in [2.45, 2.75) is 122 Å². The second-order valence-electron chi connectivity index (χ2n) is 15.8. The number of carbonyl (C=O) groups excluding carboxylic acids is 5. The lowest BCUT2D eigenvalue weighted by molar-refractivity contribution is -0.145. The highest BCUT2D eigenvalue weighted by Crippen LogP contribution is 2.43. The molecule has 2 saturated carbocycles. The molecule has 2 aliphatic carbocycles. The van der Waals surface area contributed by atoms with E-state index >= 15 is 0 Å². The number of oxime groups is 1. The molecular formula is C37H52ClN5O8. The van der Waals surface area contributed by atoms with Gasteiger partial charge in [0.15, 0.2) is 5.60 Å². The van der Waals surface area contributed by atoms with Crippen molar-refractivity contribution in [3.05, 3.63) is 22.7 Å². The number of halogens is 1. The number of primary amides is 1. The van der Waals surface area contributed by atoms with Gasteiger partial charge in [-0.2, -0.15) is 0 Å². The molecule has 1 aromatic rings. The van der Waals surface area contributed by atoms with Crippen LogP contribution in [0.4, 0.5) is 0 Å². The number of nitrogens with zero attached hydrogens (tertiary/aromatic N) is 2. The number of rotatable bonds is 13. The van der Waals surface area contributed by atoms with Crippen LogP contribution in [0.15, 0.2) is 17.3 Å². The number of amides is 4. The Morgan fingerprint density at radius 3 is 2.25 bits per heavy atom. The van der Waals surface area contributed by atoms with Gasteiger partial charge in [0.25, 0.3) is 5.91 Å². The van der Waals surface area contributed by atoms with Gasteiger partial charge >= 0.3 is 0 Å². The minimum absolute atomic E-state index is 0.0226. The first-order valence-corrected chi connectivity index (χ1v) is 18.4. The van der Waals surface area contributed by atoms with E-state index in [0.717, 1.165) is 38.5 Å². The molecule has 5 rings (SSSR count). The molecule has 0 bridgehead atoms. The molecule has 2 heterocycles. The van der Waals surface area contributed by atoms with Gasteiger partial charge in [0.05, 0.1) is 37.5 Å². The van der Waals surface area contributed by atoms with Crippen LogP contribution in [0.3, 0.4) is 0 Å². The summed E-state index contributed by atoms with van der Waals surface area (Å²) in [6.45, 7) is 5.58. The Kier molecular flexibility index (Phi) is 11.9. The molecule has 0 unspecified atom stereocenters. The van der Waals surface area contributed by atoms with E-state index < -0.39 is 52.6 Å². The zero-order chi connectivity index (χ0) is 37.1. The van der Waals surface area contributed by atoms with Crippen LogP contribution in [0.5, 0.6) is 11.5 Å². The van der Waals surface area contributed by atoms with Gasteiger partial charge in [-0.3, -0.25) is 24.0 Å². The zero-order valence-electron chi connectivity index (χ0n) is 30.3. The molecule has 1 saturated heterocycles. The molecule has 0 aromatic heterocycles.